The summed E-state index contributed by atoms with van der Waals surface area (Å²) in [6.45, 7) is 8.51. The Bertz CT molecular complexity index is 385. The van der Waals surface area contributed by atoms with Crippen molar-refractivity contribution in [3.8, 4) is 0 Å². The SMILES string of the molecule is Cc1ncn(CCC(NC(C)C)C(=O)O)c1C. The highest BCUT2D eigenvalue weighted by Crippen LogP contribution is 2.06. The molecule has 0 aliphatic heterocycles. The fourth-order valence-corrected chi connectivity index (χ4v) is 1.72. The van der Waals surface area contributed by atoms with E-state index in [9.17, 15) is 4.79 Å². The van der Waals surface area contributed by atoms with Crippen LogP contribution in [-0.2, 0) is 11.3 Å². The summed E-state index contributed by atoms with van der Waals surface area (Å²) in [4.78, 5) is 15.3. The van der Waals surface area contributed by atoms with E-state index >= 15 is 0 Å². The van der Waals surface area contributed by atoms with E-state index in [1.54, 1.807) is 6.33 Å². The maximum atomic E-state index is 11.1. The molecular weight excluding hydrogens is 218 g/mol. The summed E-state index contributed by atoms with van der Waals surface area (Å²) in [6, 6.07) is -0.334. The third kappa shape index (κ3) is 3.85. The molecule has 5 nitrogen and oxygen atoms in total. The summed E-state index contributed by atoms with van der Waals surface area (Å²) in [5.41, 5.74) is 2.09. The molecule has 96 valence electrons. The summed E-state index contributed by atoms with van der Waals surface area (Å²) in [5.74, 6) is -0.798. The van der Waals surface area contributed by atoms with Crippen molar-refractivity contribution in [3.63, 3.8) is 0 Å². The Kier molecular flexibility index (Phi) is 4.69. The van der Waals surface area contributed by atoms with Gasteiger partial charge in [-0.25, -0.2) is 4.98 Å². The van der Waals surface area contributed by atoms with E-state index in [1.165, 1.54) is 0 Å². The highest BCUT2D eigenvalue weighted by atomic mass is 16.4. The minimum atomic E-state index is -0.798. The van der Waals surface area contributed by atoms with E-state index in [4.69, 9.17) is 5.11 Å². The van der Waals surface area contributed by atoms with Gasteiger partial charge in [0.25, 0.3) is 0 Å². The highest BCUT2D eigenvalue weighted by Gasteiger charge is 2.18. The number of carbonyl (C=O) groups is 1. The third-order valence-corrected chi connectivity index (χ3v) is 2.84. The van der Waals surface area contributed by atoms with Crippen molar-refractivity contribution in [2.24, 2.45) is 0 Å². The largest absolute Gasteiger partial charge is 0.480 e. The van der Waals surface area contributed by atoms with Crippen LogP contribution in [0.4, 0.5) is 0 Å². The zero-order valence-electron chi connectivity index (χ0n) is 10.9. The molecule has 0 fully saturated rings. The number of carboxylic acid groups (broad SMARTS) is 1. The summed E-state index contributed by atoms with van der Waals surface area (Å²) < 4.78 is 1.99. The minimum Gasteiger partial charge on any atom is -0.480 e. The molecule has 5 heteroatoms. The molecule has 0 aliphatic rings. The number of aryl methyl sites for hydroxylation is 2. The Balaban J connectivity index is 2.58. The minimum absolute atomic E-state index is 0.168. The lowest BCUT2D eigenvalue weighted by Crippen LogP contribution is -2.41. The van der Waals surface area contributed by atoms with Crippen LogP contribution in [0.1, 0.15) is 31.7 Å². The van der Waals surface area contributed by atoms with Crippen molar-refractivity contribution >= 4 is 5.97 Å². The zero-order chi connectivity index (χ0) is 13.0. The smallest absolute Gasteiger partial charge is 0.320 e. The lowest BCUT2D eigenvalue weighted by atomic mass is 10.2. The van der Waals surface area contributed by atoms with Crippen molar-refractivity contribution < 1.29 is 9.90 Å². The average Bonchev–Trinajstić information content (AvgIpc) is 2.54. The highest BCUT2D eigenvalue weighted by molar-refractivity contribution is 5.73. The van der Waals surface area contributed by atoms with E-state index in [-0.39, 0.29) is 6.04 Å². The number of aromatic nitrogens is 2. The van der Waals surface area contributed by atoms with Gasteiger partial charge in [0, 0.05) is 18.3 Å². The normalized spacial score (nSPS) is 13.0. The van der Waals surface area contributed by atoms with Gasteiger partial charge in [0.1, 0.15) is 6.04 Å². The molecule has 0 amide bonds. The average molecular weight is 239 g/mol. The maximum Gasteiger partial charge on any atom is 0.320 e. The summed E-state index contributed by atoms with van der Waals surface area (Å²) in [7, 11) is 0. The van der Waals surface area contributed by atoms with Gasteiger partial charge in [0.05, 0.1) is 12.0 Å². The van der Waals surface area contributed by atoms with Crippen LogP contribution in [0, 0.1) is 13.8 Å². The van der Waals surface area contributed by atoms with Crippen LogP contribution in [0.25, 0.3) is 0 Å². The first-order valence-corrected chi connectivity index (χ1v) is 5.89. The molecule has 1 rings (SSSR count). The quantitative estimate of drug-likeness (QED) is 0.786. The monoisotopic (exact) mass is 239 g/mol. The van der Waals surface area contributed by atoms with Gasteiger partial charge in [0.2, 0.25) is 0 Å². The van der Waals surface area contributed by atoms with Crippen LogP contribution in [-0.4, -0.2) is 32.7 Å². The summed E-state index contributed by atoms with van der Waals surface area (Å²) in [6.07, 6.45) is 2.32. The van der Waals surface area contributed by atoms with Gasteiger partial charge in [-0.15, -0.1) is 0 Å². The molecule has 0 spiro atoms. The second-order valence-electron chi connectivity index (χ2n) is 4.61. The molecule has 0 aliphatic carbocycles. The van der Waals surface area contributed by atoms with Gasteiger partial charge in [-0.05, 0) is 20.3 Å². The lowest BCUT2D eigenvalue weighted by molar-refractivity contribution is -0.139. The molecule has 2 N–H and O–H groups in total. The van der Waals surface area contributed by atoms with Crippen LogP contribution in [0.2, 0.25) is 0 Å². The number of nitrogens with zero attached hydrogens (tertiary/aromatic N) is 2. The molecule has 1 atom stereocenters. The molecule has 1 aromatic heterocycles. The first-order valence-electron chi connectivity index (χ1n) is 5.89. The van der Waals surface area contributed by atoms with Crippen molar-refractivity contribution in [3.05, 3.63) is 17.7 Å². The van der Waals surface area contributed by atoms with E-state index in [1.807, 2.05) is 32.3 Å². The van der Waals surface area contributed by atoms with Crippen LogP contribution in [0.15, 0.2) is 6.33 Å². The standard InChI is InChI=1S/C12H21N3O2/c1-8(2)14-11(12(16)17)5-6-15-7-13-9(3)10(15)4/h7-8,11,14H,5-6H2,1-4H3,(H,16,17). The van der Waals surface area contributed by atoms with Crippen molar-refractivity contribution in [1.29, 1.82) is 0 Å². The van der Waals surface area contributed by atoms with Crippen molar-refractivity contribution in [1.82, 2.24) is 14.9 Å². The first-order chi connectivity index (χ1) is 7.91. The van der Waals surface area contributed by atoms with Crippen molar-refractivity contribution in [2.45, 2.75) is 52.7 Å². The van der Waals surface area contributed by atoms with E-state index in [0.717, 1.165) is 11.4 Å². The zero-order valence-corrected chi connectivity index (χ0v) is 10.9. The molecule has 1 aromatic rings. The lowest BCUT2D eigenvalue weighted by Gasteiger charge is -2.17. The predicted molar refractivity (Wildman–Crippen MR) is 66.0 cm³/mol. The van der Waals surface area contributed by atoms with E-state index in [0.29, 0.717) is 13.0 Å². The molecule has 0 aromatic carbocycles. The first kappa shape index (κ1) is 13.7. The molecule has 0 bridgehead atoms. The van der Waals surface area contributed by atoms with Gasteiger partial charge in [0.15, 0.2) is 0 Å². The van der Waals surface area contributed by atoms with Crippen molar-refractivity contribution in [2.75, 3.05) is 0 Å². The van der Waals surface area contributed by atoms with Gasteiger partial charge >= 0.3 is 5.97 Å². The second-order valence-corrected chi connectivity index (χ2v) is 4.61. The van der Waals surface area contributed by atoms with Crippen LogP contribution >= 0.6 is 0 Å². The number of nitrogens with one attached hydrogen (secondary N) is 1. The molecule has 0 radical (unpaired) electrons. The topological polar surface area (TPSA) is 67.2 Å². The second kappa shape index (κ2) is 5.82. The Hall–Kier alpha value is -1.36. The fourth-order valence-electron chi connectivity index (χ4n) is 1.72. The predicted octanol–water partition coefficient (Wildman–Crippen LogP) is 1.34. The van der Waals surface area contributed by atoms with Gasteiger partial charge < -0.3 is 15.0 Å². The van der Waals surface area contributed by atoms with Crippen LogP contribution in [0.3, 0.4) is 0 Å². The number of carboxylic acids is 1. The molecule has 1 unspecified atom stereocenters. The van der Waals surface area contributed by atoms with E-state index < -0.39 is 12.0 Å². The molecule has 17 heavy (non-hydrogen) atoms. The summed E-state index contributed by atoms with van der Waals surface area (Å²) in [5, 5.41) is 12.1. The van der Waals surface area contributed by atoms with E-state index in [2.05, 4.69) is 10.3 Å². The Morgan fingerprint density at radius 1 is 1.53 bits per heavy atom. The number of hydrogen-bond acceptors (Lipinski definition) is 3. The number of aliphatic carboxylic acids is 1. The Labute approximate surface area is 102 Å². The van der Waals surface area contributed by atoms with Gasteiger partial charge in [-0.1, -0.05) is 13.8 Å². The van der Waals surface area contributed by atoms with Crippen LogP contribution < -0.4 is 5.32 Å². The fraction of sp³-hybridized carbons (Fsp3) is 0.667. The number of rotatable bonds is 6. The number of hydrogen-bond donors (Lipinski definition) is 2. The third-order valence-electron chi connectivity index (χ3n) is 2.84. The molecule has 1 heterocycles. The van der Waals surface area contributed by atoms with Gasteiger partial charge in [-0.3, -0.25) is 4.79 Å². The number of imidazole rings is 1. The summed E-state index contributed by atoms with van der Waals surface area (Å²) >= 11 is 0. The Morgan fingerprint density at radius 3 is 2.59 bits per heavy atom. The molecular formula is C12H21N3O2. The maximum absolute atomic E-state index is 11.1. The van der Waals surface area contributed by atoms with Crippen LogP contribution in [0.5, 0.6) is 0 Å². The van der Waals surface area contributed by atoms with Gasteiger partial charge in [-0.2, -0.15) is 0 Å². The molecule has 0 saturated carbocycles. The Morgan fingerprint density at radius 2 is 2.18 bits per heavy atom. The molecule has 0 saturated heterocycles.